The minimum absolute atomic E-state index is 0.00233. The van der Waals surface area contributed by atoms with E-state index in [1.807, 2.05) is 42.2 Å². The first-order valence-electron chi connectivity index (χ1n) is 8.65. The van der Waals surface area contributed by atoms with Crippen LogP contribution < -0.4 is 15.8 Å². The van der Waals surface area contributed by atoms with E-state index in [2.05, 4.69) is 10.3 Å². The topological polar surface area (TPSA) is 80.5 Å². The first-order valence-corrected chi connectivity index (χ1v) is 8.65. The Morgan fingerprint density at radius 3 is 2.84 bits per heavy atom. The second kappa shape index (κ2) is 7.98. The number of hydrogen-bond acceptors (Lipinski definition) is 5. The number of aromatic nitrogens is 1. The molecule has 132 valence electrons. The molecule has 25 heavy (non-hydrogen) atoms. The highest BCUT2D eigenvalue weighted by molar-refractivity contribution is 5.99. The highest BCUT2D eigenvalue weighted by Gasteiger charge is 2.27. The normalized spacial score (nSPS) is 16.7. The number of rotatable bonds is 6. The third-order valence-electron chi connectivity index (χ3n) is 4.37. The molecule has 1 amide bonds. The van der Waals surface area contributed by atoms with Crippen molar-refractivity contribution in [2.24, 2.45) is 11.7 Å². The van der Waals surface area contributed by atoms with Gasteiger partial charge in [0.2, 0.25) is 0 Å². The Balaban J connectivity index is 1.75. The monoisotopic (exact) mass is 340 g/mol. The number of nitrogens with one attached hydrogen (secondary N) is 1. The van der Waals surface area contributed by atoms with Crippen LogP contribution in [0.3, 0.4) is 0 Å². The highest BCUT2D eigenvalue weighted by Crippen LogP contribution is 2.24. The molecule has 3 rings (SSSR count). The Hall–Kier alpha value is -2.60. The third-order valence-corrected chi connectivity index (χ3v) is 4.37. The summed E-state index contributed by atoms with van der Waals surface area (Å²) in [6.07, 6.45) is 2.64. The van der Waals surface area contributed by atoms with E-state index >= 15 is 0 Å². The van der Waals surface area contributed by atoms with E-state index < -0.39 is 0 Å². The summed E-state index contributed by atoms with van der Waals surface area (Å²) in [4.78, 5) is 19.1. The van der Waals surface area contributed by atoms with Crippen LogP contribution in [-0.4, -0.2) is 42.0 Å². The van der Waals surface area contributed by atoms with Gasteiger partial charge in [0, 0.05) is 25.0 Å². The number of pyridine rings is 1. The molecule has 1 aromatic heterocycles. The first-order chi connectivity index (χ1) is 12.2. The molecular formula is C19H24N4O2. The molecule has 1 atom stereocenters. The molecule has 0 spiro atoms. The lowest BCUT2D eigenvalue weighted by Gasteiger charge is -2.18. The maximum atomic E-state index is 12.8. The molecule has 1 aliphatic rings. The maximum Gasteiger partial charge on any atom is 0.257 e. The fourth-order valence-electron chi connectivity index (χ4n) is 3.00. The highest BCUT2D eigenvalue weighted by atomic mass is 16.5. The Kier molecular flexibility index (Phi) is 5.50. The molecule has 2 aromatic rings. The molecular weight excluding hydrogens is 316 g/mol. The van der Waals surface area contributed by atoms with E-state index in [-0.39, 0.29) is 5.91 Å². The average molecular weight is 340 g/mol. The van der Waals surface area contributed by atoms with E-state index in [4.69, 9.17) is 10.5 Å². The number of likely N-dealkylation sites (tertiary alicyclic amines) is 1. The number of anilines is 2. The number of hydrogen-bond donors (Lipinski definition) is 2. The second-order valence-electron chi connectivity index (χ2n) is 6.12. The molecule has 0 radical (unpaired) electrons. The summed E-state index contributed by atoms with van der Waals surface area (Å²) in [5.74, 6) is 1.77. The number of amides is 1. The molecule has 1 saturated heterocycles. The van der Waals surface area contributed by atoms with Gasteiger partial charge in [-0.25, -0.2) is 4.98 Å². The van der Waals surface area contributed by atoms with Crippen molar-refractivity contribution >= 4 is 17.4 Å². The molecule has 3 N–H and O–H groups in total. The lowest BCUT2D eigenvalue weighted by Crippen LogP contribution is -2.30. The van der Waals surface area contributed by atoms with Crippen molar-refractivity contribution in [1.82, 2.24) is 9.88 Å². The van der Waals surface area contributed by atoms with Crippen LogP contribution >= 0.6 is 0 Å². The summed E-state index contributed by atoms with van der Waals surface area (Å²) < 4.78 is 5.45. The quantitative estimate of drug-likeness (QED) is 0.845. The van der Waals surface area contributed by atoms with Crippen LogP contribution in [0.25, 0.3) is 0 Å². The SMILES string of the molecule is CCOc1ccc(Nc2ncccc2C(=O)N2CCC(CN)C2)cc1. The largest absolute Gasteiger partial charge is 0.494 e. The van der Waals surface area contributed by atoms with Crippen molar-refractivity contribution in [1.29, 1.82) is 0 Å². The van der Waals surface area contributed by atoms with Crippen LogP contribution in [0.1, 0.15) is 23.7 Å². The minimum Gasteiger partial charge on any atom is -0.494 e. The summed E-state index contributed by atoms with van der Waals surface area (Å²) in [6, 6.07) is 11.2. The smallest absolute Gasteiger partial charge is 0.257 e. The summed E-state index contributed by atoms with van der Waals surface area (Å²) in [6.45, 7) is 4.66. The standard InChI is InChI=1S/C19H24N4O2/c1-2-25-16-7-5-15(6-8-16)22-18-17(4-3-10-21-18)19(24)23-11-9-14(12-20)13-23/h3-8,10,14H,2,9,11-13,20H2,1H3,(H,21,22). The van der Waals surface area contributed by atoms with Gasteiger partial charge in [0.15, 0.2) is 0 Å². The van der Waals surface area contributed by atoms with Crippen LogP contribution in [0.15, 0.2) is 42.6 Å². The molecule has 2 heterocycles. The lowest BCUT2D eigenvalue weighted by molar-refractivity contribution is 0.0788. The predicted molar refractivity (Wildman–Crippen MR) is 98.2 cm³/mol. The molecule has 1 aromatic carbocycles. The van der Waals surface area contributed by atoms with Crippen molar-refractivity contribution in [3.8, 4) is 5.75 Å². The van der Waals surface area contributed by atoms with Crippen molar-refractivity contribution in [3.63, 3.8) is 0 Å². The van der Waals surface area contributed by atoms with Gasteiger partial charge >= 0.3 is 0 Å². The first kappa shape index (κ1) is 17.2. The molecule has 0 aliphatic carbocycles. The molecule has 0 bridgehead atoms. The average Bonchev–Trinajstić information content (AvgIpc) is 3.13. The molecule has 6 heteroatoms. The molecule has 1 aliphatic heterocycles. The van der Waals surface area contributed by atoms with Crippen LogP contribution in [0, 0.1) is 5.92 Å². The van der Waals surface area contributed by atoms with Crippen LogP contribution in [-0.2, 0) is 0 Å². The van der Waals surface area contributed by atoms with Gasteiger partial charge in [-0.2, -0.15) is 0 Å². The lowest BCUT2D eigenvalue weighted by atomic mass is 10.1. The van der Waals surface area contributed by atoms with Crippen LogP contribution in [0.2, 0.25) is 0 Å². The number of benzene rings is 1. The van der Waals surface area contributed by atoms with Gasteiger partial charge in [0.05, 0.1) is 12.2 Å². The van der Waals surface area contributed by atoms with Crippen LogP contribution in [0.5, 0.6) is 5.75 Å². The summed E-state index contributed by atoms with van der Waals surface area (Å²) in [7, 11) is 0. The van der Waals surface area contributed by atoms with Gasteiger partial charge in [-0.05, 0) is 62.2 Å². The summed E-state index contributed by atoms with van der Waals surface area (Å²) in [5.41, 5.74) is 7.16. The Morgan fingerprint density at radius 1 is 1.36 bits per heavy atom. The van der Waals surface area contributed by atoms with E-state index in [1.54, 1.807) is 12.3 Å². The van der Waals surface area contributed by atoms with E-state index in [1.165, 1.54) is 0 Å². The Morgan fingerprint density at radius 2 is 2.16 bits per heavy atom. The minimum atomic E-state index is -0.00233. The van der Waals surface area contributed by atoms with E-state index in [0.29, 0.717) is 37.0 Å². The van der Waals surface area contributed by atoms with Crippen molar-refractivity contribution < 1.29 is 9.53 Å². The summed E-state index contributed by atoms with van der Waals surface area (Å²) in [5, 5.41) is 3.23. The van der Waals surface area contributed by atoms with Gasteiger partial charge in [0.1, 0.15) is 11.6 Å². The van der Waals surface area contributed by atoms with Crippen LogP contribution in [0.4, 0.5) is 11.5 Å². The molecule has 0 saturated carbocycles. The fraction of sp³-hybridized carbons (Fsp3) is 0.368. The van der Waals surface area contributed by atoms with Gasteiger partial charge in [-0.3, -0.25) is 4.79 Å². The molecule has 1 unspecified atom stereocenters. The van der Waals surface area contributed by atoms with Crippen molar-refractivity contribution in [2.75, 3.05) is 31.6 Å². The molecule has 6 nitrogen and oxygen atoms in total. The number of carbonyl (C=O) groups excluding carboxylic acids is 1. The zero-order valence-electron chi connectivity index (χ0n) is 14.4. The van der Waals surface area contributed by atoms with Crippen molar-refractivity contribution in [2.45, 2.75) is 13.3 Å². The van der Waals surface area contributed by atoms with E-state index in [9.17, 15) is 4.79 Å². The van der Waals surface area contributed by atoms with Crippen molar-refractivity contribution in [3.05, 3.63) is 48.2 Å². The predicted octanol–water partition coefficient (Wildman–Crippen LogP) is 2.64. The third kappa shape index (κ3) is 4.09. The summed E-state index contributed by atoms with van der Waals surface area (Å²) >= 11 is 0. The number of nitrogens with zero attached hydrogens (tertiary/aromatic N) is 2. The Labute approximate surface area is 148 Å². The molecule has 1 fully saturated rings. The van der Waals surface area contributed by atoms with E-state index in [0.717, 1.165) is 24.4 Å². The number of ether oxygens (including phenoxy) is 1. The fourth-order valence-corrected chi connectivity index (χ4v) is 3.00. The van der Waals surface area contributed by atoms with Gasteiger partial charge < -0.3 is 20.7 Å². The van der Waals surface area contributed by atoms with Gasteiger partial charge in [-0.15, -0.1) is 0 Å². The maximum absolute atomic E-state index is 12.8. The van der Waals surface area contributed by atoms with Gasteiger partial charge in [-0.1, -0.05) is 0 Å². The number of nitrogens with two attached hydrogens (primary N) is 1. The zero-order chi connectivity index (χ0) is 17.6. The zero-order valence-corrected chi connectivity index (χ0v) is 14.4. The Bertz CT molecular complexity index is 718. The van der Waals surface area contributed by atoms with Gasteiger partial charge in [0.25, 0.3) is 5.91 Å². The second-order valence-corrected chi connectivity index (χ2v) is 6.12. The number of carbonyl (C=O) groups is 1.